The lowest BCUT2D eigenvalue weighted by molar-refractivity contribution is 0.211. The van der Waals surface area contributed by atoms with Crippen LogP contribution < -0.4 is 0 Å². The van der Waals surface area contributed by atoms with Gasteiger partial charge in [-0.25, -0.2) is 0 Å². The summed E-state index contributed by atoms with van der Waals surface area (Å²) in [6.45, 7) is 6.52. The third-order valence-corrected chi connectivity index (χ3v) is 1.78. The van der Waals surface area contributed by atoms with Gasteiger partial charge in [-0.15, -0.1) is 0 Å². The van der Waals surface area contributed by atoms with Crippen LogP contribution in [0.25, 0.3) is 0 Å². The van der Waals surface area contributed by atoms with Crippen LogP contribution in [0.15, 0.2) is 12.4 Å². The Bertz CT molecular complexity index is 141. The molecule has 0 heterocycles. The minimum Gasteiger partial charge on any atom is -0.321 e. The van der Waals surface area contributed by atoms with E-state index < -0.39 is 7.60 Å². The summed E-state index contributed by atoms with van der Waals surface area (Å²) in [7, 11) is -3.47. The summed E-state index contributed by atoms with van der Waals surface area (Å²) in [4.78, 5) is 8.71. The van der Waals surface area contributed by atoms with E-state index in [9.17, 15) is 4.57 Å². The summed E-state index contributed by atoms with van der Waals surface area (Å²) >= 11 is 0. The van der Waals surface area contributed by atoms with Gasteiger partial charge in [0.05, 0.1) is 6.10 Å². The Labute approximate surface area is 54.9 Å². The normalized spacial score (nSPS) is 17.3. The second-order valence-electron chi connectivity index (χ2n) is 1.90. The minimum atomic E-state index is -3.47. The molecule has 0 aromatic heterocycles. The fourth-order valence-electron chi connectivity index (χ4n) is 0.345. The van der Waals surface area contributed by atoms with Crippen molar-refractivity contribution in [2.75, 3.05) is 0 Å². The van der Waals surface area contributed by atoms with Crippen LogP contribution in [0, 0.1) is 0 Å². The van der Waals surface area contributed by atoms with E-state index in [2.05, 4.69) is 11.1 Å². The maximum absolute atomic E-state index is 10.6. The largest absolute Gasteiger partial charge is 0.351 e. The Kier molecular flexibility index (Phi) is 3.12. The Hall–Kier alpha value is -0.110. The van der Waals surface area contributed by atoms with Crippen LogP contribution in [0.1, 0.15) is 13.8 Å². The molecule has 4 heteroatoms. The summed E-state index contributed by atoms with van der Waals surface area (Å²) in [5.41, 5.74) is 0. The maximum atomic E-state index is 10.6. The lowest BCUT2D eigenvalue weighted by Crippen LogP contribution is -1.97. The van der Waals surface area contributed by atoms with Crippen molar-refractivity contribution in [3.63, 3.8) is 0 Å². The van der Waals surface area contributed by atoms with Gasteiger partial charge < -0.3 is 9.42 Å². The van der Waals surface area contributed by atoms with Gasteiger partial charge in [0.1, 0.15) is 0 Å². The van der Waals surface area contributed by atoms with Crippen molar-refractivity contribution in [3.05, 3.63) is 12.4 Å². The van der Waals surface area contributed by atoms with Crippen molar-refractivity contribution >= 4 is 7.60 Å². The highest BCUT2D eigenvalue weighted by atomic mass is 31.2. The molecule has 3 nitrogen and oxygen atoms in total. The molecular weight excluding hydrogens is 139 g/mol. The van der Waals surface area contributed by atoms with E-state index in [1.165, 1.54) is 0 Å². The van der Waals surface area contributed by atoms with E-state index in [0.29, 0.717) is 0 Å². The molecule has 54 valence electrons. The van der Waals surface area contributed by atoms with Gasteiger partial charge in [-0.05, 0) is 13.8 Å². The van der Waals surface area contributed by atoms with Crippen molar-refractivity contribution in [1.82, 2.24) is 0 Å². The van der Waals surface area contributed by atoms with Gasteiger partial charge in [0.25, 0.3) is 0 Å². The fraction of sp³-hybridized carbons (Fsp3) is 0.600. The average Bonchev–Trinajstić information content (AvgIpc) is 1.63. The van der Waals surface area contributed by atoms with E-state index in [4.69, 9.17) is 4.89 Å². The third kappa shape index (κ3) is 4.40. The highest BCUT2D eigenvalue weighted by molar-refractivity contribution is 7.56. The molecule has 0 saturated heterocycles. The van der Waals surface area contributed by atoms with E-state index in [1.807, 2.05) is 0 Å². The van der Waals surface area contributed by atoms with Crippen LogP contribution in [0.4, 0.5) is 0 Å². The summed E-state index contributed by atoms with van der Waals surface area (Å²) < 4.78 is 15.2. The van der Waals surface area contributed by atoms with Crippen LogP contribution in [-0.4, -0.2) is 11.0 Å². The lowest BCUT2D eigenvalue weighted by Gasteiger charge is -2.09. The minimum absolute atomic E-state index is 0.237. The number of hydrogen-bond acceptors (Lipinski definition) is 2. The van der Waals surface area contributed by atoms with Crippen molar-refractivity contribution in [2.45, 2.75) is 20.0 Å². The predicted molar refractivity (Wildman–Crippen MR) is 36.2 cm³/mol. The standard InChI is InChI=1S/C5H11O3P/c1-4-9(6,7)8-5(2)3/h4-5H,1H2,2-3H3,(H,6,7). The van der Waals surface area contributed by atoms with Crippen molar-refractivity contribution < 1.29 is 14.0 Å². The first-order chi connectivity index (χ1) is 3.98. The molecule has 0 spiro atoms. The van der Waals surface area contributed by atoms with Gasteiger partial charge in [-0.1, -0.05) is 6.58 Å². The molecule has 0 saturated carbocycles. The molecule has 0 aromatic carbocycles. The third-order valence-electron chi connectivity index (χ3n) is 0.593. The molecule has 0 amide bonds. The zero-order chi connectivity index (χ0) is 7.49. The Morgan fingerprint density at radius 2 is 2.22 bits per heavy atom. The molecule has 0 aliphatic rings. The van der Waals surface area contributed by atoms with Crippen LogP contribution in [0.2, 0.25) is 0 Å². The molecule has 1 N–H and O–H groups in total. The van der Waals surface area contributed by atoms with Gasteiger partial charge in [0.2, 0.25) is 0 Å². The van der Waals surface area contributed by atoms with Gasteiger partial charge in [-0.3, -0.25) is 4.57 Å². The first kappa shape index (κ1) is 8.89. The molecule has 0 aliphatic carbocycles. The molecule has 0 aliphatic heterocycles. The molecular formula is C5H11O3P. The molecule has 1 atom stereocenters. The Balaban J connectivity index is 3.88. The molecule has 0 bridgehead atoms. The average molecular weight is 150 g/mol. The quantitative estimate of drug-likeness (QED) is 0.623. The van der Waals surface area contributed by atoms with Crippen molar-refractivity contribution in [2.24, 2.45) is 0 Å². The van der Waals surface area contributed by atoms with Crippen LogP contribution in [0.3, 0.4) is 0 Å². The van der Waals surface area contributed by atoms with Gasteiger partial charge in [0, 0.05) is 5.82 Å². The number of rotatable bonds is 3. The van der Waals surface area contributed by atoms with Crippen LogP contribution >= 0.6 is 7.60 Å². The molecule has 1 unspecified atom stereocenters. The number of hydrogen-bond donors (Lipinski definition) is 1. The second-order valence-corrected chi connectivity index (χ2v) is 3.61. The monoisotopic (exact) mass is 150 g/mol. The van der Waals surface area contributed by atoms with Crippen molar-refractivity contribution in [1.29, 1.82) is 0 Å². The summed E-state index contributed by atoms with van der Waals surface area (Å²) in [5.74, 6) is 0.924. The Morgan fingerprint density at radius 3 is 2.33 bits per heavy atom. The van der Waals surface area contributed by atoms with E-state index in [1.54, 1.807) is 13.8 Å². The van der Waals surface area contributed by atoms with Crippen molar-refractivity contribution in [3.8, 4) is 0 Å². The van der Waals surface area contributed by atoms with E-state index in [0.717, 1.165) is 5.82 Å². The highest BCUT2D eigenvalue weighted by Crippen LogP contribution is 2.43. The van der Waals surface area contributed by atoms with Gasteiger partial charge in [-0.2, -0.15) is 0 Å². The first-order valence-electron chi connectivity index (χ1n) is 2.62. The van der Waals surface area contributed by atoms with Crippen LogP contribution in [0.5, 0.6) is 0 Å². The summed E-state index contributed by atoms with van der Waals surface area (Å²) in [6, 6.07) is 0. The maximum Gasteiger partial charge on any atom is 0.351 e. The second kappa shape index (κ2) is 3.16. The van der Waals surface area contributed by atoms with Gasteiger partial charge >= 0.3 is 7.60 Å². The zero-order valence-electron chi connectivity index (χ0n) is 5.57. The SMILES string of the molecule is C=CP(=O)(O)OC(C)C. The molecule has 0 radical (unpaired) electrons. The molecule has 0 aromatic rings. The summed E-state index contributed by atoms with van der Waals surface area (Å²) in [6.07, 6.45) is -0.237. The fourth-order valence-corrected chi connectivity index (χ4v) is 1.04. The highest BCUT2D eigenvalue weighted by Gasteiger charge is 2.14. The van der Waals surface area contributed by atoms with Gasteiger partial charge in [0.15, 0.2) is 0 Å². The lowest BCUT2D eigenvalue weighted by atomic mass is 10.5. The molecule has 9 heavy (non-hydrogen) atoms. The first-order valence-corrected chi connectivity index (χ1v) is 4.27. The smallest absolute Gasteiger partial charge is 0.321 e. The molecule has 0 rings (SSSR count). The zero-order valence-corrected chi connectivity index (χ0v) is 6.47. The predicted octanol–water partition coefficient (Wildman–Crippen LogP) is 1.74. The summed E-state index contributed by atoms with van der Waals surface area (Å²) in [5, 5.41) is 0. The van der Waals surface area contributed by atoms with E-state index >= 15 is 0 Å². The Morgan fingerprint density at radius 1 is 1.78 bits per heavy atom. The topological polar surface area (TPSA) is 46.5 Å². The van der Waals surface area contributed by atoms with E-state index in [-0.39, 0.29) is 6.10 Å². The van der Waals surface area contributed by atoms with Crippen LogP contribution in [-0.2, 0) is 9.09 Å². The molecule has 0 fully saturated rings.